The standard InChI is InChI=1S/C17H17BrN2O4S/c1-3-10-19-25(22,23)14-7-5-13(6-8-14)20-17(21)15-11-12(18)4-9-16(15)24-2/h3-9,11,19H,1,10H2,2H3,(H,20,21). The molecule has 0 fully saturated rings. The van der Waals surface area contributed by atoms with E-state index in [1.807, 2.05) is 0 Å². The summed E-state index contributed by atoms with van der Waals surface area (Å²) < 4.78 is 32.3. The summed E-state index contributed by atoms with van der Waals surface area (Å²) in [5, 5.41) is 2.71. The quantitative estimate of drug-likeness (QED) is 0.668. The summed E-state index contributed by atoms with van der Waals surface area (Å²) in [5.74, 6) is 0.0760. The summed E-state index contributed by atoms with van der Waals surface area (Å²) >= 11 is 3.31. The summed E-state index contributed by atoms with van der Waals surface area (Å²) in [7, 11) is -2.11. The lowest BCUT2D eigenvalue weighted by molar-refractivity contribution is 0.102. The maximum atomic E-state index is 12.4. The predicted octanol–water partition coefficient (Wildman–Crippen LogP) is 3.17. The van der Waals surface area contributed by atoms with Gasteiger partial charge in [-0.2, -0.15) is 0 Å². The Labute approximate surface area is 155 Å². The zero-order valence-electron chi connectivity index (χ0n) is 13.5. The number of rotatable bonds is 7. The van der Waals surface area contributed by atoms with E-state index >= 15 is 0 Å². The van der Waals surface area contributed by atoms with Gasteiger partial charge < -0.3 is 10.1 Å². The fourth-order valence-electron chi connectivity index (χ4n) is 2.03. The predicted molar refractivity (Wildman–Crippen MR) is 100 cm³/mol. The van der Waals surface area contributed by atoms with Crippen LogP contribution in [0.3, 0.4) is 0 Å². The zero-order valence-corrected chi connectivity index (χ0v) is 15.9. The average Bonchev–Trinajstić information content (AvgIpc) is 2.60. The van der Waals surface area contributed by atoms with Gasteiger partial charge in [-0.3, -0.25) is 4.79 Å². The smallest absolute Gasteiger partial charge is 0.259 e. The fourth-order valence-corrected chi connectivity index (χ4v) is 3.38. The molecule has 8 heteroatoms. The summed E-state index contributed by atoms with van der Waals surface area (Å²) in [6.45, 7) is 3.61. The van der Waals surface area contributed by atoms with Crippen molar-refractivity contribution in [1.82, 2.24) is 4.72 Å². The van der Waals surface area contributed by atoms with Crippen molar-refractivity contribution in [2.75, 3.05) is 19.0 Å². The first-order valence-electron chi connectivity index (χ1n) is 7.23. The van der Waals surface area contributed by atoms with Crippen molar-refractivity contribution in [2.45, 2.75) is 4.90 Å². The van der Waals surface area contributed by atoms with Crippen LogP contribution in [0.5, 0.6) is 5.75 Å². The number of benzene rings is 2. The Balaban J connectivity index is 2.18. The minimum atomic E-state index is -3.60. The molecular formula is C17H17BrN2O4S. The molecule has 2 rings (SSSR count). The number of carbonyl (C=O) groups excluding carboxylic acids is 1. The van der Waals surface area contributed by atoms with E-state index in [2.05, 4.69) is 32.5 Å². The number of halogens is 1. The lowest BCUT2D eigenvalue weighted by Crippen LogP contribution is -2.23. The first-order chi connectivity index (χ1) is 11.9. The van der Waals surface area contributed by atoms with Crippen LogP contribution in [0.1, 0.15) is 10.4 Å². The highest BCUT2D eigenvalue weighted by Gasteiger charge is 2.15. The van der Waals surface area contributed by atoms with Crippen molar-refractivity contribution in [3.63, 3.8) is 0 Å². The van der Waals surface area contributed by atoms with Gasteiger partial charge in [-0.25, -0.2) is 13.1 Å². The molecule has 2 aromatic rings. The van der Waals surface area contributed by atoms with Gasteiger partial charge in [-0.15, -0.1) is 6.58 Å². The molecule has 2 aromatic carbocycles. The number of sulfonamides is 1. The van der Waals surface area contributed by atoms with Crippen LogP contribution in [0, 0.1) is 0 Å². The number of hydrogen-bond acceptors (Lipinski definition) is 4. The van der Waals surface area contributed by atoms with Gasteiger partial charge in [0.15, 0.2) is 0 Å². The monoisotopic (exact) mass is 424 g/mol. The second kappa shape index (κ2) is 8.28. The van der Waals surface area contributed by atoms with E-state index in [0.29, 0.717) is 17.0 Å². The maximum absolute atomic E-state index is 12.4. The van der Waals surface area contributed by atoms with Gasteiger partial charge in [0.25, 0.3) is 5.91 Å². The van der Waals surface area contributed by atoms with E-state index in [1.165, 1.54) is 37.5 Å². The Morgan fingerprint density at radius 3 is 2.52 bits per heavy atom. The van der Waals surface area contributed by atoms with Crippen molar-refractivity contribution in [3.05, 3.63) is 65.2 Å². The molecule has 0 aliphatic carbocycles. The third-order valence-corrected chi connectivity index (χ3v) is 5.18. The summed E-state index contributed by atoms with van der Waals surface area (Å²) in [5.41, 5.74) is 0.830. The van der Waals surface area contributed by atoms with E-state index in [4.69, 9.17) is 4.74 Å². The minimum Gasteiger partial charge on any atom is -0.496 e. The normalized spacial score (nSPS) is 11.0. The first-order valence-corrected chi connectivity index (χ1v) is 9.50. The molecular weight excluding hydrogens is 408 g/mol. The molecule has 0 radical (unpaired) electrons. The van der Waals surface area contributed by atoms with Crippen LogP contribution in [0.2, 0.25) is 0 Å². The van der Waals surface area contributed by atoms with E-state index in [1.54, 1.807) is 18.2 Å². The Morgan fingerprint density at radius 1 is 1.24 bits per heavy atom. The Kier molecular flexibility index (Phi) is 6.35. The second-order valence-corrected chi connectivity index (χ2v) is 7.65. The molecule has 0 saturated carbocycles. The number of methoxy groups -OCH3 is 1. The van der Waals surface area contributed by atoms with Crippen molar-refractivity contribution < 1.29 is 17.9 Å². The van der Waals surface area contributed by atoms with Crippen LogP contribution in [0.4, 0.5) is 5.69 Å². The lowest BCUT2D eigenvalue weighted by atomic mass is 10.2. The van der Waals surface area contributed by atoms with Gasteiger partial charge in [0.05, 0.1) is 17.6 Å². The van der Waals surface area contributed by atoms with Crippen LogP contribution in [0.15, 0.2) is 64.5 Å². The molecule has 0 aromatic heterocycles. The van der Waals surface area contributed by atoms with Crippen molar-refractivity contribution in [1.29, 1.82) is 0 Å². The number of ether oxygens (including phenoxy) is 1. The number of nitrogens with one attached hydrogen (secondary N) is 2. The molecule has 0 heterocycles. The van der Waals surface area contributed by atoms with E-state index in [0.717, 1.165) is 4.47 Å². The van der Waals surface area contributed by atoms with Crippen LogP contribution < -0.4 is 14.8 Å². The fraction of sp³-hybridized carbons (Fsp3) is 0.118. The highest BCUT2D eigenvalue weighted by molar-refractivity contribution is 9.10. The lowest BCUT2D eigenvalue weighted by Gasteiger charge is -2.10. The third kappa shape index (κ3) is 4.91. The number of amides is 1. The van der Waals surface area contributed by atoms with Crippen molar-refractivity contribution in [3.8, 4) is 5.75 Å². The average molecular weight is 425 g/mol. The molecule has 0 aliphatic rings. The zero-order chi connectivity index (χ0) is 18.4. The summed E-state index contributed by atoms with van der Waals surface area (Å²) in [6.07, 6.45) is 1.46. The number of hydrogen-bond donors (Lipinski definition) is 2. The van der Waals surface area contributed by atoms with Gasteiger partial charge in [-0.1, -0.05) is 22.0 Å². The molecule has 132 valence electrons. The molecule has 0 aliphatic heterocycles. The van der Waals surface area contributed by atoms with Crippen LogP contribution >= 0.6 is 15.9 Å². The molecule has 0 spiro atoms. The van der Waals surface area contributed by atoms with Crippen molar-refractivity contribution >= 4 is 37.5 Å². The van der Waals surface area contributed by atoms with Gasteiger partial charge in [-0.05, 0) is 42.5 Å². The summed E-state index contributed by atoms with van der Waals surface area (Å²) in [4.78, 5) is 12.5. The SMILES string of the molecule is C=CCNS(=O)(=O)c1ccc(NC(=O)c2cc(Br)ccc2OC)cc1. The van der Waals surface area contributed by atoms with Crippen LogP contribution in [-0.4, -0.2) is 28.0 Å². The first kappa shape index (κ1) is 19.2. The topological polar surface area (TPSA) is 84.5 Å². The minimum absolute atomic E-state index is 0.104. The number of carbonyl (C=O) groups is 1. The van der Waals surface area contributed by atoms with Gasteiger partial charge in [0.2, 0.25) is 10.0 Å². The Bertz CT molecular complexity index is 880. The van der Waals surface area contributed by atoms with Crippen LogP contribution in [0.25, 0.3) is 0 Å². The molecule has 2 N–H and O–H groups in total. The van der Waals surface area contributed by atoms with Crippen LogP contribution in [-0.2, 0) is 10.0 Å². The largest absolute Gasteiger partial charge is 0.496 e. The highest BCUT2D eigenvalue weighted by atomic mass is 79.9. The maximum Gasteiger partial charge on any atom is 0.259 e. The summed E-state index contributed by atoms with van der Waals surface area (Å²) in [6, 6.07) is 11.0. The Hall–Kier alpha value is -2.16. The van der Waals surface area contributed by atoms with Gasteiger partial charge in [0.1, 0.15) is 5.75 Å². The third-order valence-electron chi connectivity index (χ3n) is 3.25. The van der Waals surface area contributed by atoms with Gasteiger partial charge >= 0.3 is 0 Å². The Morgan fingerprint density at radius 2 is 1.92 bits per heavy atom. The van der Waals surface area contributed by atoms with E-state index in [9.17, 15) is 13.2 Å². The molecule has 25 heavy (non-hydrogen) atoms. The molecule has 0 saturated heterocycles. The van der Waals surface area contributed by atoms with E-state index < -0.39 is 10.0 Å². The van der Waals surface area contributed by atoms with Gasteiger partial charge in [0, 0.05) is 16.7 Å². The second-order valence-electron chi connectivity index (χ2n) is 4.96. The molecule has 0 unspecified atom stereocenters. The highest BCUT2D eigenvalue weighted by Crippen LogP contribution is 2.24. The number of anilines is 1. The van der Waals surface area contributed by atoms with Crippen molar-refractivity contribution in [2.24, 2.45) is 0 Å². The molecule has 1 amide bonds. The molecule has 6 nitrogen and oxygen atoms in total. The molecule has 0 bridgehead atoms. The molecule has 0 atom stereocenters. The van der Waals surface area contributed by atoms with E-state index in [-0.39, 0.29) is 17.3 Å².